The van der Waals surface area contributed by atoms with Gasteiger partial charge in [-0.3, -0.25) is 10.1 Å². The maximum absolute atomic E-state index is 12.1. The summed E-state index contributed by atoms with van der Waals surface area (Å²) in [6.07, 6.45) is 3.19. The van der Waals surface area contributed by atoms with Crippen molar-refractivity contribution in [1.29, 1.82) is 0 Å². The van der Waals surface area contributed by atoms with Crippen LogP contribution in [0.2, 0.25) is 0 Å². The molecule has 138 valence electrons. The van der Waals surface area contributed by atoms with E-state index in [-0.39, 0.29) is 11.7 Å². The van der Waals surface area contributed by atoms with Crippen LogP contribution in [0, 0.1) is 0 Å². The predicted octanol–water partition coefficient (Wildman–Crippen LogP) is 3.95. The first-order valence-electron chi connectivity index (χ1n) is 8.41. The van der Waals surface area contributed by atoms with E-state index in [1.165, 1.54) is 28.0 Å². The van der Waals surface area contributed by atoms with Crippen molar-refractivity contribution in [2.24, 2.45) is 0 Å². The number of aryl methyl sites for hydroxylation is 1. The lowest BCUT2D eigenvalue weighted by atomic mass is 10.2. The second kappa shape index (κ2) is 9.24. The minimum atomic E-state index is -0.125. The molecule has 1 N–H and O–H groups in total. The second-order valence-corrected chi connectivity index (χ2v) is 8.36. The van der Waals surface area contributed by atoms with Crippen LogP contribution >= 0.6 is 34.4 Å². The molecule has 3 rings (SSSR count). The highest BCUT2D eigenvalue weighted by atomic mass is 32.2. The van der Waals surface area contributed by atoms with Gasteiger partial charge in [0.05, 0.1) is 5.75 Å². The fraction of sp³-hybridized carbons (Fsp3) is 0.438. The average molecular weight is 409 g/mol. The fourth-order valence-corrected chi connectivity index (χ4v) is 4.62. The maximum atomic E-state index is 12.1. The molecular formula is C16H20N6OS3. The summed E-state index contributed by atoms with van der Waals surface area (Å²) in [7, 11) is 0. The predicted molar refractivity (Wildman–Crippen MR) is 107 cm³/mol. The highest BCUT2D eigenvalue weighted by Crippen LogP contribution is 2.28. The van der Waals surface area contributed by atoms with Crippen molar-refractivity contribution >= 4 is 45.5 Å². The third-order valence-corrected chi connectivity index (χ3v) is 6.08. The molecule has 3 aromatic heterocycles. The van der Waals surface area contributed by atoms with Crippen molar-refractivity contribution in [3.63, 3.8) is 0 Å². The van der Waals surface area contributed by atoms with E-state index in [9.17, 15) is 4.79 Å². The zero-order valence-electron chi connectivity index (χ0n) is 14.6. The summed E-state index contributed by atoms with van der Waals surface area (Å²) < 4.78 is 2.10. The van der Waals surface area contributed by atoms with E-state index in [2.05, 4.69) is 55.6 Å². The lowest BCUT2D eigenvalue weighted by molar-refractivity contribution is -0.113. The number of nitrogens with zero attached hydrogens (tertiary/aromatic N) is 5. The number of carbonyl (C=O) groups excluding carboxylic acids is 1. The number of amides is 1. The SMILES string of the molecule is CCCc1cc(-c2nnc(SCC(=O)Nc3nncs3)n2CCC)cs1. The Morgan fingerprint density at radius 2 is 2.12 bits per heavy atom. The number of thioether (sulfide) groups is 1. The molecule has 0 aliphatic carbocycles. The lowest BCUT2D eigenvalue weighted by Crippen LogP contribution is -2.14. The van der Waals surface area contributed by atoms with Gasteiger partial charge in [0.1, 0.15) is 5.51 Å². The Morgan fingerprint density at radius 1 is 1.23 bits per heavy atom. The van der Waals surface area contributed by atoms with Gasteiger partial charge in [0, 0.05) is 22.4 Å². The molecule has 0 saturated heterocycles. The Balaban J connectivity index is 1.70. The molecule has 0 fully saturated rings. The van der Waals surface area contributed by atoms with E-state index in [1.807, 2.05) is 0 Å². The normalized spacial score (nSPS) is 11.0. The number of anilines is 1. The zero-order chi connectivity index (χ0) is 18.4. The Kier molecular flexibility index (Phi) is 6.75. The van der Waals surface area contributed by atoms with Gasteiger partial charge in [0.2, 0.25) is 11.0 Å². The third kappa shape index (κ3) is 4.68. The van der Waals surface area contributed by atoms with E-state index in [0.717, 1.165) is 42.4 Å². The summed E-state index contributed by atoms with van der Waals surface area (Å²) in [6, 6.07) is 2.20. The number of thiophene rings is 1. The first kappa shape index (κ1) is 19.0. The quantitative estimate of drug-likeness (QED) is 0.540. The summed E-state index contributed by atoms with van der Waals surface area (Å²) in [5.41, 5.74) is 2.69. The maximum Gasteiger partial charge on any atom is 0.236 e. The summed E-state index contributed by atoms with van der Waals surface area (Å²) in [4.78, 5) is 13.4. The molecule has 10 heteroatoms. The van der Waals surface area contributed by atoms with Crippen molar-refractivity contribution in [1.82, 2.24) is 25.0 Å². The number of nitrogens with one attached hydrogen (secondary N) is 1. The average Bonchev–Trinajstić information content (AvgIpc) is 3.35. The monoisotopic (exact) mass is 408 g/mol. The molecule has 1 amide bonds. The van der Waals surface area contributed by atoms with Crippen LogP contribution in [0.3, 0.4) is 0 Å². The molecule has 0 aromatic carbocycles. The fourth-order valence-electron chi connectivity index (χ4n) is 2.42. The Hall–Kier alpha value is -1.78. The Morgan fingerprint density at radius 3 is 2.85 bits per heavy atom. The van der Waals surface area contributed by atoms with Gasteiger partial charge in [0.25, 0.3) is 0 Å². The second-order valence-electron chi connectivity index (χ2n) is 5.59. The molecule has 0 aliphatic rings. The molecule has 26 heavy (non-hydrogen) atoms. The number of aromatic nitrogens is 5. The first-order chi connectivity index (χ1) is 12.7. The summed E-state index contributed by atoms with van der Waals surface area (Å²) in [5, 5.41) is 22.3. The van der Waals surface area contributed by atoms with Crippen molar-refractivity contribution in [3.8, 4) is 11.4 Å². The number of rotatable bonds is 9. The molecule has 0 spiro atoms. The third-order valence-electron chi connectivity index (χ3n) is 3.51. The molecule has 0 aliphatic heterocycles. The van der Waals surface area contributed by atoms with Gasteiger partial charge >= 0.3 is 0 Å². The molecule has 0 atom stereocenters. The van der Waals surface area contributed by atoms with Crippen LogP contribution in [0.25, 0.3) is 11.4 Å². The molecule has 0 bridgehead atoms. The van der Waals surface area contributed by atoms with E-state index < -0.39 is 0 Å². The minimum absolute atomic E-state index is 0.125. The van der Waals surface area contributed by atoms with Gasteiger partial charge in [-0.15, -0.1) is 31.7 Å². The van der Waals surface area contributed by atoms with Gasteiger partial charge < -0.3 is 4.57 Å². The summed E-state index contributed by atoms with van der Waals surface area (Å²) in [5.74, 6) is 1.00. The van der Waals surface area contributed by atoms with Crippen LogP contribution in [0.4, 0.5) is 5.13 Å². The minimum Gasteiger partial charge on any atom is -0.302 e. The Bertz CT molecular complexity index is 842. The number of carbonyl (C=O) groups is 1. The number of hydrogen-bond donors (Lipinski definition) is 1. The van der Waals surface area contributed by atoms with Gasteiger partial charge in [-0.1, -0.05) is 43.4 Å². The van der Waals surface area contributed by atoms with E-state index >= 15 is 0 Å². The van der Waals surface area contributed by atoms with Crippen LogP contribution in [-0.2, 0) is 17.8 Å². The highest BCUT2D eigenvalue weighted by Gasteiger charge is 2.16. The van der Waals surface area contributed by atoms with Gasteiger partial charge in [-0.05, 0) is 18.9 Å². The van der Waals surface area contributed by atoms with Gasteiger partial charge in [-0.2, -0.15) is 0 Å². The topological polar surface area (TPSA) is 85.6 Å². The summed E-state index contributed by atoms with van der Waals surface area (Å²) >= 11 is 4.44. The van der Waals surface area contributed by atoms with Gasteiger partial charge in [-0.25, -0.2) is 0 Å². The molecule has 3 aromatic rings. The van der Waals surface area contributed by atoms with Crippen LogP contribution in [0.1, 0.15) is 31.6 Å². The van der Waals surface area contributed by atoms with Gasteiger partial charge in [0.15, 0.2) is 11.0 Å². The van der Waals surface area contributed by atoms with Crippen molar-refractivity contribution in [3.05, 3.63) is 21.8 Å². The first-order valence-corrected chi connectivity index (χ1v) is 11.2. The molecule has 0 unspecified atom stereocenters. The van der Waals surface area contributed by atoms with Crippen molar-refractivity contribution < 1.29 is 4.79 Å². The smallest absolute Gasteiger partial charge is 0.236 e. The van der Waals surface area contributed by atoms with Crippen molar-refractivity contribution in [2.75, 3.05) is 11.1 Å². The highest BCUT2D eigenvalue weighted by molar-refractivity contribution is 7.99. The molecule has 0 saturated carbocycles. The van der Waals surface area contributed by atoms with Crippen LogP contribution in [-0.4, -0.2) is 36.6 Å². The summed E-state index contributed by atoms with van der Waals surface area (Å²) in [6.45, 7) is 5.12. The van der Waals surface area contributed by atoms with E-state index in [1.54, 1.807) is 16.8 Å². The number of hydrogen-bond acceptors (Lipinski definition) is 8. The van der Waals surface area contributed by atoms with Crippen LogP contribution < -0.4 is 5.32 Å². The Labute approximate surface area is 164 Å². The molecule has 0 radical (unpaired) electrons. The van der Waals surface area contributed by atoms with Crippen LogP contribution in [0.15, 0.2) is 22.1 Å². The van der Waals surface area contributed by atoms with Crippen molar-refractivity contribution in [2.45, 2.75) is 44.8 Å². The van der Waals surface area contributed by atoms with Crippen LogP contribution in [0.5, 0.6) is 0 Å². The van der Waals surface area contributed by atoms with E-state index in [0.29, 0.717) is 5.13 Å². The zero-order valence-corrected chi connectivity index (χ0v) is 17.1. The lowest BCUT2D eigenvalue weighted by Gasteiger charge is -2.07. The standard InChI is InChI=1S/C16H20N6OS3/c1-3-5-12-7-11(8-24-12)14-19-21-16(22(14)6-4-2)25-9-13(23)18-15-20-17-10-26-15/h7-8,10H,3-6,9H2,1-2H3,(H,18,20,23). The molecule has 3 heterocycles. The molecular weight excluding hydrogens is 388 g/mol. The largest absolute Gasteiger partial charge is 0.302 e. The molecule has 7 nitrogen and oxygen atoms in total. The van der Waals surface area contributed by atoms with E-state index in [4.69, 9.17) is 0 Å².